The summed E-state index contributed by atoms with van der Waals surface area (Å²) in [4.78, 5) is 26.5. The van der Waals surface area contributed by atoms with Gasteiger partial charge in [0.15, 0.2) is 0 Å². The van der Waals surface area contributed by atoms with Crippen molar-refractivity contribution in [2.24, 2.45) is 5.92 Å². The van der Waals surface area contributed by atoms with Gasteiger partial charge in [-0.25, -0.2) is 4.79 Å². The van der Waals surface area contributed by atoms with E-state index < -0.39 is 0 Å². The fourth-order valence-corrected chi connectivity index (χ4v) is 3.02. The number of hydrogen-bond donors (Lipinski definition) is 2. The van der Waals surface area contributed by atoms with E-state index in [0.29, 0.717) is 42.6 Å². The largest absolute Gasteiger partial charge is 0.467 e. The number of amides is 3. The maximum Gasteiger partial charge on any atom is 0.322 e. The summed E-state index contributed by atoms with van der Waals surface area (Å²) in [5.41, 5.74) is 2.39. The lowest BCUT2D eigenvalue weighted by Gasteiger charge is -2.22. The van der Waals surface area contributed by atoms with Gasteiger partial charge < -0.3 is 20.0 Å². The van der Waals surface area contributed by atoms with Gasteiger partial charge in [0, 0.05) is 24.3 Å². The Morgan fingerprint density at radius 3 is 2.13 bits per heavy atom. The van der Waals surface area contributed by atoms with E-state index >= 15 is 0 Å². The van der Waals surface area contributed by atoms with Crippen molar-refractivity contribution >= 4 is 23.3 Å². The van der Waals surface area contributed by atoms with Crippen LogP contribution in [0, 0.1) is 5.92 Å². The topological polar surface area (TPSA) is 74.6 Å². The first kappa shape index (κ1) is 21.2. The van der Waals surface area contributed by atoms with Crippen LogP contribution in [0.15, 0.2) is 77.4 Å². The lowest BCUT2D eigenvalue weighted by Crippen LogP contribution is -2.33. The first-order valence-electron chi connectivity index (χ1n) is 10.0. The Morgan fingerprint density at radius 1 is 0.867 bits per heavy atom. The second-order valence-electron chi connectivity index (χ2n) is 7.57. The molecular formula is C24H27N3O3. The van der Waals surface area contributed by atoms with E-state index in [2.05, 4.69) is 10.6 Å². The molecule has 0 saturated heterocycles. The predicted octanol–water partition coefficient (Wildman–Crippen LogP) is 5.50. The summed E-state index contributed by atoms with van der Waals surface area (Å²) in [5.74, 6) is 0.992. The Balaban J connectivity index is 1.65. The van der Waals surface area contributed by atoms with Crippen molar-refractivity contribution in [3.05, 3.63) is 84.3 Å². The molecular weight excluding hydrogens is 378 g/mol. The van der Waals surface area contributed by atoms with Crippen molar-refractivity contribution in [3.8, 4) is 0 Å². The first-order chi connectivity index (χ1) is 14.5. The molecule has 3 rings (SSSR count). The van der Waals surface area contributed by atoms with Crippen molar-refractivity contribution in [1.29, 1.82) is 0 Å². The number of carbonyl (C=O) groups is 2. The molecule has 0 saturated carbocycles. The number of urea groups is 1. The predicted molar refractivity (Wildman–Crippen MR) is 118 cm³/mol. The third kappa shape index (κ3) is 6.51. The summed E-state index contributed by atoms with van der Waals surface area (Å²) in [6.45, 7) is 4.82. The van der Waals surface area contributed by atoms with Crippen LogP contribution in [0.1, 0.15) is 31.6 Å². The van der Waals surface area contributed by atoms with E-state index in [1.54, 1.807) is 41.5 Å². The summed E-state index contributed by atoms with van der Waals surface area (Å²) in [5, 5.41) is 5.78. The molecule has 0 radical (unpaired) electrons. The number of carbonyl (C=O) groups excluding carboxylic acids is 2. The first-order valence-corrected chi connectivity index (χ1v) is 10.0. The molecule has 0 unspecified atom stereocenters. The quantitative estimate of drug-likeness (QED) is 0.520. The summed E-state index contributed by atoms with van der Waals surface area (Å²) in [6, 6.07) is 20.3. The van der Waals surface area contributed by atoms with Crippen LogP contribution in [0.2, 0.25) is 0 Å². The van der Waals surface area contributed by atoms with E-state index in [0.717, 1.165) is 5.56 Å². The molecule has 2 N–H and O–H groups in total. The van der Waals surface area contributed by atoms with Gasteiger partial charge in [-0.15, -0.1) is 0 Å². The van der Waals surface area contributed by atoms with Gasteiger partial charge in [-0.05, 0) is 47.9 Å². The molecule has 0 aliphatic rings. The fourth-order valence-electron chi connectivity index (χ4n) is 3.02. The highest BCUT2D eigenvalue weighted by Gasteiger charge is 2.16. The third-order valence-corrected chi connectivity index (χ3v) is 4.44. The molecule has 0 aliphatic carbocycles. The number of hydrogen-bond acceptors (Lipinski definition) is 3. The van der Waals surface area contributed by atoms with E-state index in [1.165, 1.54) is 0 Å². The molecule has 0 aliphatic heterocycles. The molecule has 1 heterocycles. The lowest BCUT2D eigenvalue weighted by molar-refractivity contribution is -0.116. The van der Waals surface area contributed by atoms with Gasteiger partial charge >= 0.3 is 6.03 Å². The van der Waals surface area contributed by atoms with Crippen LogP contribution in [0.3, 0.4) is 0 Å². The second kappa shape index (κ2) is 10.3. The number of benzene rings is 2. The van der Waals surface area contributed by atoms with E-state index in [-0.39, 0.29) is 11.9 Å². The SMILES string of the molecule is CC(C)CC(=O)Nc1ccc(NC(=O)N(Cc2ccccc2)Cc2ccco2)cc1. The highest BCUT2D eigenvalue weighted by molar-refractivity contribution is 5.92. The number of nitrogens with zero attached hydrogens (tertiary/aromatic N) is 1. The molecule has 156 valence electrons. The average molecular weight is 405 g/mol. The Bertz CT molecular complexity index is 936. The second-order valence-corrected chi connectivity index (χ2v) is 7.57. The van der Waals surface area contributed by atoms with Crippen LogP contribution < -0.4 is 10.6 Å². The summed E-state index contributed by atoms with van der Waals surface area (Å²) in [6.07, 6.45) is 2.07. The molecule has 0 fully saturated rings. The highest BCUT2D eigenvalue weighted by Crippen LogP contribution is 2.17. The van der Waals surface area contributed by atoms with Gasteiger partial charge in [-0.1, -0.05) is 44.2 Å². The lowest BCUT2D eigenvalue weighted by atomic mass is 10.1. The molecule has 30 heavy (non-hydrogen) atoms. The molecule has 3 amide bonds. The minimum Gasteiger partial charge on any atom is -0.467 e. The molecule has 2 aromatic carbocycles. The van der Waals surface area contributed by atoms with Crippen LogP contribution in [0.5, 0.6) is 0 Å². The number of furan rings is 1. The Hall–Kier alpha value is -3.54. The van der Waals surface area contributed by atoms with E-state index in [9.17, 15) is 9.59 Å². The van der Waals surface area contributed by atoms with Crippen LogP contribution in [-0.4, -0.2) is 16.8 Å². The van der Waals surface area contributed by atoms with Gasteiger partial charge in [-0.2, -0.15) is 0 Å². The minimum absolute atomic E-state index is 0.0192. The normalized spacial score (nSPS) is 10.6. The smallest absolute Gasteiger partial charge is 0.322 e. The zero-order valence-corrected chi connectivity index (χ0v) is 17.3. The zero-order valence-electron chi connectivity index (χ0n) is 17.3. The monoisotopic (exact) mass is 405 g/mol. The number of rotatable bonds is 8. The molecule has 0 atom stereocenters. The van der Waals surface area contributed by atoms with E-state index in [1.807, 2.05) is 50.2 Å². The maximum atomic E-state index is 12.9. The highest BCUT2D eigenvalue weighted by atomic mass is 16.3. The Kier molecular flexibility index (Phi) is 7.27. The van der Waals surface area contributed by atoms with Crippen LogP contribution in [0.25, 0.3) is 0 Å². The molecule has 1 aromatic heterocycles. The molecule has 3 aromatic rings. The number of nitrogens with one attached hydrogen (secondary N) is 2. The van der Waals surface area contributed by atoms with Gasteiger partial charge in [0.25, 0.3) is 0 Å². The molecule has 0 bridgehead atoms. The minimum atomic E-state index is -0.230. The van der Waals surface area contributed by atoms with Crippen molar-refractivity contribution < 1.29 is 14.0 Å². The maximum absolute atomic E-state index is 12.9. The third-order valence-electron chi connectivity index (χ3n) is 4.44. The van der Waals surface area contributed by atoms with Crippen LogP contribution >= 0.6 is 0 Å². The van der Waals surface area contributed by atoms with Gasteiger partial charge in [0.2, 0.25) is 5.91 Å². The fraction of sp³-hybridized carbons (Fsp3) is 0.250. The van der Waals surface area contributed by atoms with Crippen molar-refractivity contribution in [1.82, 2.24) is 4.90 Å². The molecule has 6 heteroatoms. The van der Waals surface area contributed by atoms with Gasteiger partial charge in [0.1, 0.15) is 5.76 Å². The van der Waals surface area contributed by atoms with Crippen molar-refractivity contribution in [2.45, 2.75) is 33.4 Å². The zero-order chi connectivity index (χ0) is 21.3. The van der Waals surface area contributed by atoms with Gasteiger partial charge in [-0.3, -0.25) is 4.79 Å². The Labute approximate surface area is 176 Å². The number of anilines is 2. The summed E-state index contributed by atoms with van der Waals surface area (Å²) < 4.78 is 5.42. The molecule has 6 nitrogen and oxygen atoms in total. The summed E-state index contributed by atoms with van der Waals surface area (Å²) >= 11 is 0. The van der Waals surface area contributed by atoms with Crippen LogP contribution in [-0.2, 0) is 17.9 Å². The van der Waals surface area contributed by atoms with E-state index in [4.69, 9.17) is 4.42 Å². The van der Waals surface area contributed by atoms with Crippen molar-refractivity contribution in [2.75, 3.05) is 10.6 Å². The summed E-state index contributed by atoms with van der Waals surface area (Å²) in [7, 11) is 0. The standard InChI is InChI=1S/C24H27N3O3/c1-18(2)15-23(28)25-20-10-12-21(13-11-20)26-24(29)27(17-22-9-6-14-30-22)16-19-7-4-3-5-8-19/h3-14,18H,15-17H2,1-2H3,(H,25,28)(H,26,29). The van der Waals surface area contributed by atoms with Crippen LogP contribution in [0.4, 0.5) is 16.2 Å². The van der Waals surface area contributed by atoms with Crippen molar-refractivity contribution in [3.63, 3.8) is 0 Å². The average Bonchev–Trinajstić information content (AvgIpc) is 3.22. The molecule has 0 spiro atoms. The van der Waals surface area contributed by atoms with Gasteiger partial charge in [0.05, 0.1) is 12.8 Å². The Morgan fingerprint density at radius 2 is 1.53 bits per heavy atom.